The topological polar surface area (TPSA) is 72.9 Å². The summed E-state index contributed by atoms with van der Waals surface area (Å²) in [4.78, 5) is 28.3. The lowest BCUT2D eigenvalue weighted by Crippen LogP contribution is -2.44. The fourth-order valence-electron chi connectivity index (χ4n) is 3.64. The van der Waals surface area contributed by atoms with Crippen molar-refractivity contribution in [1.29, 1.82) is 0 Å². The lowest BCUT2D eigenvalue weighted by molar-refractivity contribution is -0.131. The van der Waals surface area contributed by atoms with Crippen molar-refractivity contribution in [2.24, 2.45) is 5.92 Å². The highest BCUT2D eigenvalue weighted by Gasteiger charge is 2.26. The molecule has 6 heteroatoms. The Labute approximate surface area is 148 Å². The molecule has 6 nitrogen and oxygen atoms in total. The van der Waals surface area contributed by atoms with Gasteiger partial charge < -0.3 is 20.2 Å². The van der Waals surface area contributed by atoms with Crippen LogP contribution in [-0.4, -0.2) is 53.0 Å². The van der Waals surface area contributed by atoms with Crippen molar-refractivity contribution < 1.29 is 14.7 Å². The Morgan fingerprint density at radius 2 is 1.80 bits per heavy atom. The molecule has 0 saturated carbocycles. The second-order valence-electron chi connectivity index (χ2n) is 7.05. The first-order valence-corrected chi connectivity index (χ1v) is 9.20. The molecule has 3 rings (SSSR count). The van der Waals surface area contributed by atoms with E-state index < -0.39 is 0 Å². The minimum Gasteiger partial charge on any atom is -0.508 e. The number of piperidine rings is 1. The molecule has 0 radical (unpaired) electrons. The summed E-state index contributed by atoms with van der Waals surface area (Å²) in [5, 5.41) is 12.3. The molecule has 136 valence electrons. The first-order valence-electron chi connectivity index (χ1n) is 9.20. The van der Waals surface area contributed by atoms with Gasteiger partial charge in [0.15, 0.2) is 0 Å². The van der Waals surface area contributed by atoms with Crippen LogP contribution in [0, 0.1) is 5.92 Å². The Morgan fingerprint density at radius 1 is 1.08 bits per heavy atom. The van der Waals surface area contributed by atoms with Crippen LogP contribution in [0.25, 0.3) is 0 Å². The molecule has 2 fully saturated rings. The van der Waals surface area contributed by atoms with E-state index in [0.717, 1.165) is 44.3 Å². The summed E-state index contributed by atoms with van der Waals surface area (Å²) >= 11 is 0. The van der Waals surface area contributed by atoms with Crippen LogP contribution in [0.4, 0.5) is 4.79 Å². The van der Waals surface area contributed by atoms with Gasteiger partial charge in [0.2, 0.25) is 5.91 Å². The molecule has 1 aromatic carbocycles. The molecule has 2 aliphatic heterocycles. The van der Waals surface area contributed by atoms with E-state index in [1.165, 1.54) is 0 Å². The number of carbonyl (C=O) groups is 2. The van der Waals surface area contributed by atoms with Crippen molar-refractivity contribution in [2.75, 3.05) is 26.2 Å². The van der Waals surface area contributed by atoms with Gasteiger partial charge in [0.1, 0.15) is 5.75 Å². The standard InChI is InChI=1S/C19H27N3O3/c23-17-5-3-4-16(12-17)14-20-19(25)22-10-6-15(7-11-22)13-18(24)21-8-1-2-9-21/h3-5,12,15,23H,1-2,6-11,13-14H2,(H,20,25). The molecule has 2 N–H and O–H groups in total. The van der Waals surface area contributed by atoms with Crippen LogP contribution in [0.1, 0.15) is 37.7 Å². The number of hydrogen-bond acceptors (Lipinski definition) is 3. The lowest BCUT2D eigenvalue weighted by atomic mass is 9.93. The molecular weight excluding hydrogens is 318 g/mol. The summed E-state index contributed by atoms with van der Waals surface area (Å²) in [6.45, 7) is 3.62. The van der Waals surface area contributed by atoms with Crippen molar-refractivity contribution >= 4 is 11.9 Å². The molecule has 1 aromatic rings. The van der Waals surface area contributed by atoms with E-state index in [1.54, 1.807) is 18.2 Å². The van der Waals surface area contributed by atoms with Gasteiger partial charge in [0.25, 0.3) is 0 Å². The maximum atomic E-state index is 12.3. The van der Waals surface area contributed by atoms with E-state index in [-0.39, 0.29) is 17.7 Å². The molecule has 3 amide bonds. The Bertz CT molecular complexity index is 606. The summed E-state index contributed by atoms with van der Waals surface area (Å²) in [6, 6.07) is 6.82. The number of phenolic OH excluding ortho intramolecular Hbond substituents is 1. The zero-order valence-electron chi connectivity index (χ0n) is 14.6. The Hall–Kier alpha value is -2.24. The van der Waals surface area contributed by atoms with Crippen LogP contribution in [0.15, 0.2) is 24.3 Å². The first kappa shape index (κ1) is 17.6. The first-order chi connectivity index (χ1) is 12.1. The predicted molar refractivity (Wildman–Crippen MR) is 95.1 cm³/mol. The number of rotatable bonds is 4. The summed E-state index contributed by atoms with van der Waals surface area (Å²) in [6.07, 6.45) is 4.66. The van der Waals surface area contributed by atoms with Gasteiger partial charge in [0, 0.05) is 39.1 Å². The number of hydrogen-bond donors (Lipinski definition) is 2. The van der Waals surface area contributed by atoms with Crippen LogP contribution in [0.2, 0.25) is 0 Å². The maximum Gasteiger partial charge on any atom is 0.317 e. The number of aromatic hydroxyl groups is 1. The van der Waals surface area contributed by atoms with Crippen molar-refractivity contribution in [3.63, 3.8) is 0 Å². The zero-order valence-corrected chi connectivity index (χ0v) is 14.6. The highest BCUT2D eigenvalue weighted by molar-refractivity contribution is 5.77. The third-order valence-electron chi connectivity index (χ3n) is 5.18. The van der Waals surface area contributed by atoms with E-state index >= 15 is 0 Å². The highest BCUT2D eigenvalue weighted by atomic mass is 16.3. The van der Waals surface area contributed by atoms with E-state index in [1.807, 2.05) is 15.9 Å². The highest BCUT2D eigenvalue weighted by Crippen LogP contribution is 2.22. The molecule has 2 saturated heterocycles. The van der Waals surface area contributed by atoms with Crippen molar-refractivity contribution in [3.8, 4) is 5.75 Å². The van der Waals surface area contributed by atoms with Gasteiger partial charge >= 0.3 is 6.03 Å². The van der Waals surface area contributed by atoms with Crippen LogP contribution >= 0.6 is 0 Å². The Kier molecular flexibility index (Phi) is 5.79. The quantitative estimate of drug-likeness (QED) is 0.880. The molecular formula is C19H27N3O3. The molecule has 0 aromatic heterocycles. The third kappa shape index (κ3) is 4.87. The summed E-state index contributed by atoms with van der Waals surface area (Å²) < 4.78 is 0. The van der Waals surface area contributed by atoms with Gasteiger partial charge in [-0.2, -0.15) is 0 Å². The van der Waals surface area contributed by atoms with E-state index in [9.17, 15) is 14.7 Å². The van der Waals surface area contributed by atoms with Gasteiger partial charge in [0.05, 0.1) is 0 Å². The van der Waals surface area contributed by atoms with Gasteiger partial charge in [-0.1, -0.05) is 12.1 Å². The molecule has 2 aliphatic rings. The third-order valence-corrected chi connectivity index (χ3v) is 5.18. The maximum absolute atomic E-state index is 12.3. The van der Waals surface area contributed by atoms with E-state index in [4.69, 9.17) is 0 Å². The molecule has 25 heavy (non-hydrogen) atoms. The van der Waals surface area contributed by atoms with Crippen molar-refractivity contribution in [2.45, 2.75) is 38.6 Å². The molecule has 0 bridgehead atoms. The van der Waals surface area contributed by atoms with Crippen molar-refractivity contribution in [1.82, 2.24) is 15.1 Å². The summed E-state index contributed by atoms with van der Waals surface area (Å²) in [5.74, 6) is 0.878. The minimum atomic E-state index is -0.0762. The average molecular weight is 345 g/mol. The minimum absolute atomic E-state index is 0.0762. The molecule has 0 unspecified atom stereocenters. The summed E-state index contributed by atoms with van der Waals surface area (Å²) in [7, 11) is 0. The van der Waals surface area contributed by atoms with Gasteiger partial charge in [-0.25, -0.2) is 4.79 Å². The average Bonchev–Trinajstić information content (AvgIpc) is 3.15. The van der Waals surface area contributed by atoms with Crippen LogP contribution < -0.4 is 5.32 Å². The number of amides is 3. The Balaban J connectivity index is 1.39. The fourth-order valence-corrected chi connectivity index (χ4v) is 3.64. The normalized spacial score (nSPS) is 18.4. The molecule has 0 atom stereocenters. The van der Waals surface area contributed by atoms with Crippen molar-refractivity contribution in [3.05, 3.63) is 29.8 Å². The van der Waals surface area contributed by atoms with E-state index in [0.29, 0.717) is 32.0 Å². The number of phenols is 1. The van der Waals surface area contributed by atoms with Crippen LogP contribution in [0.5, 0.6) is 5.75 Å². The molecule has 2 heterocycles. The second kappa shape index (κ2) is 8.23. The number of nitrogens with one attached hydrogen (secondary N) is 1. The number of likely N-dealkylation sites (tertiary alicyclic amines) is 2. The Morgan fingerprint density at radius 3 is 2.48 bits per heavy atom. The van der Waals surface area contributed by atoms with Gasteiger partial charge in [-0.15, -0.1) is 0 Å². The van der Waals surface area contributed by atoms with Gasteiger partial charge in [-0.05, 0) is 49.3 Å². The number of urea groups is 1. The fraction of sp³-hybridized carbons (Fsp3) is 0.579. The second-order valence-corrected chi connectivity index (χ2v) is 7.05. The zero-order chi connectivity index (χ0) is 17.6. The molecule has 0 aliphatic carbocycles. The summed E-state index contributed by atoms with van der Waals surface area (Å²) in [5.41, 5.74) is 0.874. The number of benzene rings is 1. The number of carbonyl (C=O) groups excluding carboxylic acids is 2. The lowest BCUT2D eigenvalue weighted by Gasteiger charge is -2.32. The monoisotopic (exact) mass is 345 g/mol. The van der Waals surface area contributed by atoms with E-state index in [2.05, 4.69) is 5.32 Å². The van der Waals surface area contributed by atoms with Crippen LogP contribution in [0.3, 0.4) is 0 Å². The predicted octanol–water partition coefficient (Wildman–Crippen LogP) is 2.33. The van der Waals surface area contributed by atoms with Gasteiger partial charge in [-0.3, -0.25) is 4.79 Å². The number of nitrogens with zero attached hydrogens (tertiary/aromatic N) is 2. The SMILES string of the molecule is O=C(CC1CCN(C(=O)NCc2cccc(O)c2)CC1)N1CCCC1. The smallest absolute Gasteiger partial charge is 0.317 e. The largest absolute Gasteiger partial charge is 0.508 e. The molecule has 0 spiro atoms. The van der Waals surface area contributed by atoms with Crippen LogP contribution in [-0.2, 0) is 11.3 Å².